The SMILES string of the molecule is CC1(C)Cc2c(sc3nc(SCC[NH+]4CCOCC4)nc(N)c23)CO1. The second-order valence-corrected chi connectivity index (χ2v) is 9.41. The van der Waals surface area contributed by atoms with Gasteiger partial charge in [-0.15, -0.1) is 11.3 Å². The summed E-state index contributed by atoms with van der Waals surface area (Å²) in [5.41, 5.74) is 7.44. The van der Waals surface area contributed by atoms with E-state index in [-0.39, 0.29) is 5.60 Å². The van der Waals surface area contributed by atoms with Crippen LogP contribution in [0.5, 0.6) is 0 Å². The Morgan fingerprint density at radius 3 is 2.88 bits per heavy atom. The molecule has 0 spiro atoms. The standard InChI is InChI=1S/C17H24N4O2S2/c1-17(2)9-11-12(10-23-17)25-15-13(11)14(18)19-16(20-15)24-8-5-21-3-6-22-7-4-21/h3-10H2,1-2H3,(H2,18,19,20)/p+1. The molecule has 25 heavy (non-hydrogen) atoms. The molecular formula is C17H25N4O2S2+. The van der Waals surface area contributed by atoms with E-state index in [2.05, 4.69) is 18.8 Å². The number of fused-ring (bicyclic) bond motifs is 3. The molecule has 0 aromatic carbocycles. The summed E-state index contributed by atoms with van der Waals surface area (Å²) in [6, 6.07) is 0. The van der Waals surface area contributed by atoms with Crippen molar-refractivity contribution in [1.29, 1.82) is 0 Å². The zero-order chi connectivity index (χ0) is 17.4. The molecule has 2 aliphatic rings. The van der Waals surface area contributed by atoms with Crippen molar-refractivity contribution in [2.24, 2.45) is 0 Å². The maximum absolute atomic E-state index is 6.31. The number of morpholine rings is 1. The van der Waals surface area contributed by atoms with Crippen molar-refractivity contribution in [2.45, 2.75) is 37.6 Å². The lowest BCUT2D eigenvalue weighted by molar-refractivity contribution is -0.905. The molecule has 2 aliphatic heterocycles. The van der Waals surface area contributed by atoms with Gasteiger partial charge in [0.2, 0.25) is 0 Å². The van der Waals surface area contributed by atoms with Gasteiger partial charge in [0.1, 0.15) is 23.7 Å². The van der Waals surface area contributed by atoms with Crippen LogP contribution in [0.2, 0.25) is 0 Å². The van der Waals surface area contributed by atoms with Crippen molar-refractivity contribution < 1.29 is 14.4 Å². The van der Waals surface area contributed by atoms with E-state index >= 15 is 0 Å². The van der Waals surface area contributed by atoms with Gasteiger partial charge in [-0.2, -0.15) is 0 Å². The Labute approximate surface area is 156 Å². The first-order valence-electron chi connectivity index (χ1n) is 8.78. The molecule has 136 valence electrons. The smallest absolute Gasteiger partial charge is 0.191 e. The minimum atomic E-state index is -0.151. The van der Waals surface area contributed by atoms with Crippen LogP contribution in [0, 0.1) is 0 Å². The fourth-order valence-electron chi connectivity index (χ4n) is 3.41. The van der Waals surface area contributed by atoms with Gasteiger partial charge in [-0.05, 0) is 19.4 Å². The predicted octanol–water partition coefficient (Wildman–Crippen LogP) is 1.13. The Balaban J connectivity index is 1.50. The molecule has 0 bridgehead atoms. The van der Waals surface area contributed by atoms with Crippen molar-refractivity contribution in [1.82, 2.24) is 9.97 Å². The van der Waals surface area contributed by atoms with E-state index in [0.717, 1.165) is 60.4 Å². The van der Waals surface area contributed by atoms with Crippen molar-refractivity contribution >= 4 is 39.1 Å². The van der Waals surface area contributed by atoms with Gasteiger partial charge < -0.3 is 20.1 Å². The number of anilines is 1. The third-order valence-electron chi connectivity index (χ3n) is 4.82. The zero-order valence-corrected chi connectivity index (χ0v) is 16.4. The van der Waals surface area contributed by atoms with Gasteiger partial charge in [0.15, 0.2) is 5.16 Å². The molecule has 8 heteroatoms. The summed E-state index contributed by atoms with van der Waals surface area (Å²) in [4.78, 5) is 13.2. The van der Waals surface area contributed by atoms with Gasteiger partial charge >= 0.3 is 0 Å². The summed E-state index contributed by atoms with van der Waals surface area (Å²) in [5, 5.41) is 1.83. The summed E-state index contributed by atoms with van der Waals surface area (Å²) in [6.45, 7) is 9.92. The number of nitrogen functional groups attached to an aromatic ring is 1. The molecule has 0 aliphatic carbocycles. The van der Waals surface area contributed by atoms with Crippen LogP contribution in [-0.4, -0.2) is 54.2 Å². The fraction of sp³-hybridized carbons (Fsp3) is 0.647. The number of nitrogens with zero attached hydrogens (tertiary/aromatic N) is 2. The van der Waals surface area contributed by atoms with Gasteiger partial charge in [0, 0.05) is 11.3 Å². The van der Waals surface area contributed by atoms with Gasteiger partial charge in [0.05, 0.1) is 43.1 Å². The Morgan fingerprint density at radius 2 is 2.08 bits per heavy atom. The highest BCUT2D eigenvalue weighted by Crippen LogP contribution is 2.40. The highest BCUT2D eigenvalue weighted by Gasteiger charge is 2.30. The molecule has 1 fully saturated rings. The van der Waals surface area contributed by atoms with E-state index in [1.165, 1.54) is 10.4 Å². The maximum atomic E-state index is 6.31. The lowest BCUT2D eigenvalue weighted by Gasteiger charge is -2.30. The number of ether oxygens (including phenoxy) is 2. The van der Waals surface area contributed by atoms with E-state index in [9.17, 15) is 0 Å². The number of nitrogens with two attached hydrogens (primary N) is 1. The minimum Gasteiger partial charge on any atom is -0.383 e. The molecule has 0 saturated carbocycles. The zero-order valence-electron chi connectivity index (χ0n) is 14.8. The van der Waals surface area contributed by atoms with Crippen LogP contribution in [0.3, 0.4) is 0 Å². The summed E-state index contributed by atoms with van der Waals surface area (Å²) < 4.78 is 11.3. The molecule has 6 nitrogen and oxygen atoms in total. The first kappa shape index (κ1) is 17.5. The topological polar surface area (TPSA) is 74.7 Å². The lowest BCUT2D eigenvalue weighted by Crippen LogP contribution is -3.14. The first-order valence-corrected chi connectivity index (χ1v) is 10.6. The molecule has 1 saturated heterocycles. The number of hydrogen-bond acceptors (Lipinski definition) is 7. The Kier molecular flexibility index (Phi) is 4.89. The molecule has 4 rings (SSSR count). The minimum absolute atomic E-state index is 0.151. The molecule has 0 radical (unpaired) electrons. The normalized spacial score (nSPS) is 20.7. The summed E-state index contributed by atoms with van der Waals surface area (Å²) >= 11 is 3.40. The Hall–Kier alpha value is -0.930. The van der Waals surface area contributed by atoms with E-state index in [0.29, 0.717) is 12.4 Å². The summed E-state index contributed by atoms with van der Waals surface area (Å²) in [5.74, 6) is 1.61. The van der Waals surface area contributed by atoms with Crippen LogP contribution in [0.15, 0.2) is 5.16 Å². The number of thioether (sulfide) groups is 1. The number of thiophene rings is 1. The van der Waals surface area contributed by atoms with Crippen molar-refractivity contribution in [3.05, 3.63) is 10.4 Å². The average Bonchev–Trinajstić information content (AvgIpc) is 2.92. The van der Waals surface area contributed by atoms with Crippen LogP contribution in [0.4, 0.5) is 5.82 Å². The second-order valence-electron chi connectivity index (χ2n) is 7.26. The van der Waals surface area contributed by atoms with Crippen LogP contribution in [-0.2, 0) is 22.5 Å². The number of rotatable bonds is 4. The molecule has 3 N–H and O–H groups in total. The van der Waals surface area contributed by atoms with E-state index in [1.54, 1.807) is 28.0 Å². The molecule has 0 amide bonds. The molecule has 2 aromatic rings. The lowest BCUT2D eigenvalue weighted by atomic mass is 9.94. The van der Waals surface area contributed by atoms with Crippen LogP contribution >= 0.6 is 23.1 Å². The quantitative estimate of drug-likeness (QED) is 0.611. The largest absolute Gasteiger partial charge is 0.383 e. The van der Waals surface area contributed by atoms with E-state index in [1.807, 2.05) is 0 Å². The first-order chi connectivity index (χ1) is 12.0. The average molecular weight is 382 g/mol. The number of aromatic nitrogens is 2. The Bertz CT molecular complexity index is 772. The Morgan fingerprint density at radius 1 is 1.28 bits per heavy atom. The second kappa shape index (κ2) is 7.00. The van der Waals surface area contributed by atoms with Gasteiger partial charge in [-0.25, -0.2) is 9.97 Å². The van der Waals surface area contributed by atoms with Gasteiger partial charge in [0.25, 0.3) is 0 Å². The molecule has 4 heterocycles. The molecular weight excluding hydrogens is 356 g/mol. The van der Waals surface area contributed by atoms with Gasteiger partial charge in [-0.3, -0.25) is 0 Å². The van der Waals surface area contributed by atoms with E-state index < -0.39 is 0 Å². The van der Waals surface area contributed by atoms with Crippen molar-refractivity contribution in [3.63, 3.8) is 0 Å². The monoisotopic (exact) mass is 381 g/mol. The van der Waals surface area contributed by atoms with Crippen LogP contribution in [0.25, 0.3) is 10.2 Å². The third kappa shape index (κ3) is 3.78. The summed E-state index contributed by atoms with van der Waals surface area (Å²) in [7, 11) is 0. The van der Waals surface area contributed by atoms with E-state index in [4.69, 9.17) is 20.2 Å². The fourth-order valence-corrected chi connectivity index (χ4v) is 5.47. The predicted molar refractivity (Wildman–Crippen MR) is 102 cm³/mol. The number of hydrogen-bond donors (Lipinski definition) is 2. The number of quaternary nitrogens is 1. The number of nitrogens with one attached hydrogen (secondary N) is 1. The highest BCUT2D eigenvalue weighted by molar-refractivity contribution is 7.99. The van der Waals surface area contributed by atoms with Crippen LogP contribution < -0.4 is 10.6 Å². The highest BCUT2D eigenvalue weighted by atomic mass is 32.2. The molecule has 0 unspecified atom stereocenters. The van der Waals surface area contributed by atoms with Crippen molar-refractivity contribution in [3.8, 4) is 0 Å². The van der Waals surface area contributed by atoms with Crippen molar-refractivity contribution in [2.75, 3.05) is 44.3 Å². The maximum Gasteiger partial charge on any atom is 0.191 e. The van der Waals surface area contributed by atoms with Gasteiger partial charge in [-0.1, -0.05) is 11.8 Å². The third-order valence-corrected chi connectivity index (χ3v) is 6.77. The van der Waals surface area contributed by atoms with Crippen LogP contribution in [0.1, 0.15) is 24.3 Å². The molecule has 2 aromatic heterocycles. The molecule has 0 atom stereocenters. The summed E-state index contributed by atoms with van der Waals surface area (Å²) in [6.07, 6.45) is 0.864.